The molecule has 0 aliphatic carbocycles. The fourth-order valence-corrected chi connectivity index (χ4v) is 3.17. The van der Waals surface area contributed by atoms with E-state index in [9.17, 15) is 0 Å². The molecular formula is C15H22BrClIN3O. The van der Waals surface area contributed by atoms with E-state index in [-0.39, 0.29) is 24.0 Å². The summed E-state index contributed by atoms with van der Waals surface area (Å²) in [6.45, 7) is 3.33. The van der Waals surface area contributed by atoms with Gasteiger partial charge in [0, 0.05) is 49.2 Å². The van der Waals surface area contributed by atoms with E-state index in [0.29, 0.717) is 12.5 Å². The van der Waals surface area contributed by atoms with Gasteiger partial charge in [0.05, 0.1) is 6.61 Å². The molecule has 0 aromatic heterocycles. The lowest BCUT2D eigenvalue weighted by Crippen LogP contribution is -2.41. The molecule has 1 fully saturated rings. The number of ether oxygens (including phenoxy) is 1. The van der Waals surface area contributed by atoms with Crippen LogP contribution in [0.2, 0.25) is 5.02 Å². The Morgan fingerprint density at radius 2 is 2.32 bits per heavy atom. The molecule has 4 nitrogen and oxygen atoms in total. The van der Waals surface area contributed by atoms with Crippen molar-refractivity contribution >= 4 is 57.5 Å². The minimum Gasteiger partial charge on any atom is -0.381 e. The van der Waals surface area contributed by atoms with Crippen LogP contribution in [0.3, 0.4) is 0 Å². The molecule has 0 bridgehead atoms. The zero-order valence-corrected chi connectivity index (χ0v) is 17.5. The summed E-state index contributed by atoms with van der Waals surface area (Å²) in [6.07, 6.45) is 1.12. The largest absolute Gasteiger partial charge is 0.381 e. The predicted octanol–water partition coefficient (Wildman–Crippen LogP) is 3.76. The molecule has 124 valence electrons. The number of halogens is 3. The topological polar surface area (TPSA) is 36.9 Å². The second-order valence-corrected chi connectivity index (χ2v) is 6.57. The van der Waals surface area contributed by atoms with Crippen molar-refractivity contribution in [1.82, 2.24) is 10.2 Å². The number of nitrogens with zero attached hydrogens (tertiary/aromatic N) is 2. The molecule has 7 heteroatoms. The molecule has 0 saturated carbocycles. The normalized spacial score (nSPS) is 18.0. The molecule has 1 unspecified atom stereocenters. The van der Waals surface area contributed by atoms with Crippen LogP contribution >= 0.6 is 51.5 Å². The highest BCUT2D eigenvalue weighted by atomic mass is 127. The van der Waals surface area contributed by atoms with E-state index in [0.717, 1.165) is 47.2 Å². The number of hydrogen-bond donors (Lipinski definition) is 1. The fraction of sp³-hybridized carbons (Fsp3) is 0.533. The zero-order chi connectivity index (χ0) is 15.2. The molecule has 0 spiro atoms. The molecule has 1 heterocycles. The van der Waals surface area contributed by atoms with Crippen molar-refractivity contribution in [2.75, 3.05) is 33.9 Å². The van der Waals surface area contributed by atoms with Crippen LogP contribution in [0.1, 0.15) is 12.0 Å². The molecule has 1 aliphatic rings. The molecule has 1 saturated heterocycles. The van der Waals surface area contributed by atoms with E-state index in [1.165, 1.54) is 0 Å². The average molecular weight is 503 g/mol. The highest BCUT2D eigenvalue weighted by Crippen LogP contribution is 2.21. The van der Waals surface area contributed by atoms with E-state index in [4.69, 9.17) is 16.3 Å². The minimum absolute atomic E-state index is 0. The Morgan fingerprint density at radius 1 is 1.55 bits per heavy atom. The van der Waals surface area contributed by atoms with Gasteiger partial charge in [0.1, 0.15) is 0 Å². The van der Waals surface area contributed by atoms with Crippen LogP contribution in [0.15, 0.2) is 27.7 Å². The lowest BCUT2D eigenvalue weighted by molar-refractivity contribution is 0.181. The second-order valence-electron chi connectivity index (χ2n) is 5.25. The summed E-state index contributed by atoms with van der Waals surface area (Å²) in [6, 6.07) is 5.91. The van der Waals surface area contributed by atoms with Crippen molar-refractivity contribution in [2.24, 2.45) is 10.9 Å². The first-order valence-electron chi connectivity index (χ1n) is 7.03. The van der Waals surface area contributed by atoms with Crippen molar-refractivity contribution in [1.29, 1.82) is 0 Å². The molecule has 0 radical (unpaired) electrons. The summed E-state index contributed by atoms with van der Waals surface area (Å²) in [4.78, 5) is 6.48. The van der Waals surface area contributed by atoms with E-state index < -0.39 is 0 Å². The van der Waals surface area contributed by atoms with Crippen molar-refractivity contribution in [3.63, 3.8) is 0 Å². The predicted molar refractivity (Wildman–Crippen MR) is 106 cm³/mol. The highest BCUT2D eigenvalue weighted by molar-refractivity contribution is 14.0. The van der Waals surface area contributed by atoms with Crippen LogP contribution in [0.4, 0.5) is 0 Å². The van der Waals surface area contributed by atoms with E-state index in [1.807, 2.05) is 18.2 Å². The number of nitrogens with one attached hydrogen (secondary N) is 1. The third-order valence-corrected chi connectivity index (χ3v) is 4.43. The minimum atomic E-state index is 0. The first kappa shape index (κ1) is 20.0. The van der Waals surface area contributed by atoms with Crippen LogP contribution in [0.5, 0.6) is 0 Å². The first-order chi connectivity index (χ1) is 10.1. The molecule has 0 amide bonds. The summed E-state index contributed by atoms with van der Waals surface area (Å²) in [5, 5.41) is 4.10. The molecule has 2 rings (SSSR count). The summed E-state index contributed by atoms with van der Waals surface area (Å²) < 4.78 is 6.40. The maximum absolute atomic E-state index is 6.23. The van der Waals surface area contributed by atoms with Crippen molar-refractivity contribution in [2.45, 2.75) is 13.0 Å². The SMILES string of the molecule is CN=C(NCc1ccc(Br)cc1Cl)N(C)CC1CCOC1.I. The Labute approximate surface area is 162 Å². The van der Waals surface area contributed by atoms with Gasteiger partial charge in [-0.1, -0.05) is 33.6 Å². The monoisotopic (exact) mass is 501 g/mol. The van der Waals surface area contributed by atoms with Crippen LogP contribution < -0.4 is 5.32 Å². The first-order valence-corrected chi connectivity index (χ1v) is 8.20. The van der Waals surface area contributed by atoms with Crippen molar-refractivity contribution in [3.05, 3.63) is 33.3 Å². The number of rotatable bonds is 4. The van der Waals surface area contributed by atoms with Crippen molar-refractivity contribution in [3.8, 4) is 0 Å². The number of aliphatic imine (C=N–C) groups is 1. The number of guanidine groups is 1. The zero-order valence-electron chi connectivity index (χ0n) is 12.8. The molecule has 1 aromatic rings. The third kappa shape index (κ3) is 5.86. The second kappa shape index (κ2) is 9.95. The van der Waals surface area contributed by atoms with Gasteiger partial charge in [-0.05, 0) is 24.1 Å². The maximum atomic E-state index is 6.23. The van der Waals surface area contributed by atoms with Crippen molar-refractivity contribution < 1.29 is 4.74 Å². The van der Waals surface area contributed by atoms with Gasteiger partial charge < -0.3 is 15.0 Å². The van der Waals surface area contributed by atoms with E-state index >= 15 is 0 Å². The summed E-state index contributed by atoms with van der Waals surface area (Å²) in [7, 11) is 3.85. The van der Waals surface area contributed by atoms with E-state index in [1.54, 1.807) is 7.05 Å². The quantitative estimate of drug-likeness (QED) is 0.387. The average Bonchev–Trinajstić information content (AvgIpc) is 2.94. The maximum Gasteiger partial charge on any atom is 0.193 e. The van der Waals surface area contributed by atoms with Crippen LogP contribution in [-0.2, 0) is 11.3 Å². The number of benzene rings is 1. The molecular weight excluding hydrogens is 480 g/mol. The smallest absolute Gasteiger partial charge is 0.193 e. The van der Waals surface area contributed by atoms with Gasteiger partial charge in [0.15, 0.2) is 5.96 Å². The Hall–Kier alpha value is -0.0500. The van der Waals surface area contributed by atoms with Gasteiger partial charge in [0.25, 0.3) is 0 Å². The molecule has 22 heavy (non-hydrogen) atoms. The standard InChI is InChI=1S/C15H21BrClN3O.HI/c1-18-15(20(2)9-11-5-6-21-10-11)19-8-12-3-4-13(16)7-14(12)17;/h3-4,7,11H,5-6,8-10H2,1-2H3,(H,18,19);1H. The Bertz CT molecular complexity index is 510. The Morgan fingerprint density at radius 3 is 2.91 bits per heavy atom. The molecule has 1 aliphatic heterocycles. The van der Waals surface area contributed by atoms with E-state index in [2.05, 4.69) is 38.2 Å². The van der Waals surface area contributed by atoms with Gasteiger partial charge in [-0.15, -0.1) is 24.0 Å². The van der Waals surface area contributed by atoms with Gasteiger partial charge in [0.2, 0.25) is 0 Å². The summed E-state index contributed by atoms with van der Waals surface area (Å²) in [5.74, 6) is 1.46. The van der Waals surface area contributed by atoms with Gasteiger partial charge in [-0.3, -0.25) is 4.99 Å². The van der Waals surface area contributed by atoms with Gasteiger partial charge >= 0.3 is 0 Å². The van der Waals surface area contributed by atoms with Crippen LogP contribution in [0, 0.1) is 5.92 Å². The number of hydrogen-bond acceptors (Lipinski definition) is 2. The lowest BCUT2D eigenvalue weighted by Gasteiger charge is -2.24. The highest BCUT2D eigenvalue weighted by Gasteiger charge is 2.19. The van der Waals surface area contributed by atoms with Crippen LogP contribution in [-0.4, -0.2) is 44.7 Å². The third-order valence-electron chi connectivity index (χ3n) is 3.58. The molecule has 1 atom stereocenters. The van der Waals surface area contributed by atoms with Crippen LogP contribution in [0.25, 0.3) is 0 Å². The molecule has 1 aromatic carbocycles. The molecule has 1 N–H and O–H groups in total. The van der Waals surface area contributed by atoms with Gasteiger partial charge in [-0.2, -0.15) is 0 Å². The Kier molecular flexibility index (Phi) is 9.04. The van der Waals surface area contributed by atoms with Gasteiger partial charge in [-0.25, -0.2) is 0 Å². The fourth-order valence-electron chi connectivity index (χ4n) is 2.43. The Balaban J connectivity index is 0.00000242. The summed E-state index contributed by atoms with van der Waals surface area (Å²) in [5.41, 5.74) is 1.05. The lowest BCUT2D eigenvalue weighted by atomic mass is 10.1. The summed E-state index contributed by atoms with van der Waals surface area (Å²) >= 11 is 9.65.